The highest BCUT2D eigenvalue weighted by Crippen LogP contribution is 2.33. The van der Waals surface area contributed by atoms with Crippen molar-refractivity contribution in [3.63, 3.8) is 0 Å². The first-order chi connectivity index (χ1) is 16.0. The van der Waals surface area contributed by atoms with Gasteiger partial charge in [0.2, 0.25) is 0 Å². The molecular weight excluding hydrogens is 442 g/mol. The number of carbonyl (C=O) groups excluding carboxylic acids is 3. The average Bonchev–Trinajstić information content (AvgIpc) is 3.25. The number of rotatable bonds is 5. The van der Waals surface area contributed by atoms with E-state index >= 15 is 0 Å². The lowest BCUT2D eigenvalue weighted by atomic mass is 10.2. The molecule has 3 N–H and O–H groups in total. The molecule has 11 heteroatoms. The SMILES string of the molecule is O=C1NC(=O)/C(=C/c2cnn3c(NC4CC4)cc(-c4ccc(C(=O)N5CCCC5)s4)nc23)N1. The van der Waals surface area contributed by atoms with Gasteiger partial charge in [-0.3, -0.25) is 14.9 Å². The second-order valence-electron chi connectivity index (χ2n) is 8.41. The average molecular weight is 464 g/mol. The summed E-state index contributed by atoms with van der Waals surface area (Å²) in [4.78, 5) is 44.5. The number of aromatic nitrogens is 3. The van der Waals surface area contributed by atoms with E-state index < -0.39 is 11.9 Å². The molecule has 5 heterocycles. The maximum absolute atomic E-state index is 12.8. The summed E-state index contributed by atoms with van der Waals surface area (Å²) in [6.45, 7) is 1.62. The molecule has 1 saturated carbocycles. The van der Waals surface area contributed by atoms with Crippen molar-refractivity contribution < 1.29 is 14.4 Å². The molecule has 4 amide bonds. The number of anilines is 1. The first-order valence-corrected chi connectivity index (χ1v) is 11.8. The largest absolute Gasteiger partial charge is 0.367 e. The van der Waals surface area contributed by atoms with Gasteiger partial charge in [0.15, 0.2) is 5.65 Å². The zero-order valence-electron chi connectivity index (χ0n) is 17.6. The molecule has 0 radical (unpaired) electrons. The van der Waals surface area contributed by atoms with Crippen LogP contribution in [0.3, 0.4) is 0 Å². The molecule has 3 aromatic heterocycles. The molecule has 6 rings (SSSR count). The molecule has 0 spiro atoms. The minimum absolute atomic E-state index is 0.0684. The quantitative estimate of drug-likeness (QED) is 0.395. The van der Waals surface area contributed by atoms with Crippen molar-refractivity contribution in [3.8, 4) is 10.6 Å². The molecule has 3 fully saturated rings. The predicted octanol–water partition coefficient (Wildman–Crippen LogP) is 2.45. The molecular formula is C22H21N7O3S. The summed E-state index contributed by atoms with van der Waals surface area (Å²) in [6, 6.07) is 5.56. The van der Waals surface area contributed by atoms with E-state index in [9.17, 15) is 14.4 Å². The summed E-state index contributed by atoms with van der Waals surface area (Å²) in [5, 5.41) is 12.6. The van der Waals surface area contributed by atoms with E-state index in [0.29, 0.717) is 22.1 Å². The van der Waals surface area contributed by atoms with Gasteiger partial charge in [-0.2, -0.15) is 9.61 Å². The summed E-state index contributed by atoms with van der Waals surface area (Å²) in [5.74, 6) is 0.372. The van der Waals surface area contributed by atoms with Gasteiger partial charge in [-0.25, -0.2) is 9.78 Å². The molecule has 10 nitrogen and oxygen atoms in total. The standard InChI is InChI=1S/C22H21N7O3S/c30-20-15(26-22(32)27-20)9-12-11-23-29-18(24-13-3-4-13)10-14(25-19(12)29)16-5-6-17(33-16)21(31)28-7-1-2-8-28/h5-6,9-11,13,24H,1-4,7-8H2,(H2,26,27,30,32)/b15-9-. The first kappa shape index (κ1) is 19.9. The van der Waals surface area contributed by atoms with Gasteiger partial charge >= 0.3 is 6.03 Å². The zero-order chi connectivity index (χ0) is 22.5. The van der Waals surface area contributed by atoms with Gasteiger partial charge < -0.3 is 15.5 Å². The molecule has 2 saturated heterocycles. The molecule has 3 aromatic rings. The third kappa shape index (κ3) is 3.74. The maximum Gasteiger partial charge on any atom is 0.326 e. The van der Waals surface area contributed by atoms with Gasteiger partial charge in [0.05, 0.1) is 21.6 Å². The van der Waals surface area contributed by atoms with E-state index in [1.165, 1.54) is 11.3 Å². The summed E-state index contributed by atoms with van der Waals surface area (Å²) in [5.41, 5.74) is 2.02. The fourth-order valence-electron chi connectivity index (χ4n) is 4.05. The number of thiophene rings is 1. The van der Waals surface area contributed by atoms with Crippen molar-refractivity contribution >= 4 is 46.7 Å². The van der Waals surface area contributed by atoms with Crippen molar-refractivity contribution in [2.24, 2.45) is 0 Å². The summed E-state index contributed by atoms with van der Waals surface area (Å²) in [7, 11) is 0. The monoisotopic (exact) mass is 463 g/mol. The van der Waals surface area contributed by atoms with Crippen molar-refractivity contribution in [2.75, 3.05) is 18.4 Å². The van der Waals surface area contributed by atoms with Crippen LogP contribution in [-0.2, 0) is 4.79 Å². The number of fused-ring (bicyclic) bond motifs is 1. The second kappa shape index (κ2) is 7.69. The highest BCUT2D eigenvalue weighted by molar-refractivity contribution is 7.17. The molecule has 3 aliphatic rings. The van der Waals surface area contributed by atoms with E-state index in [1.807, 2.05) is 23.1 Å². The number of carbonyl (C=O) groups is 3. The summed E-state index contributed by atoms with van der Waals surface area (Å²) < 4.78 is 1.70. The summed E-state index contributed by atoms with van der Waals surface area (Å²) >= 11 is 1.43. The Morgan fingerprint density at radius 2 is 2.00 bits per heavy atom. The number of nitrogens with zero attached hydrogens (tertiary/aromatic N) is 4. The Morgan fingerprint density at radius 1 is 1.18 bits per heavy atom. The lowest BCUT2D eigenvalue weighted by Crippen LogP contribution is -2.26. The van der Waals surface area contributed by atoms with Crippen LogP contribution < -0.4 is 16.0 Å². The van der Waals surface area contributed by atoms with Crippen LogP contribution in [0.2, 0.25) is 0 Å². The fraction of sp³-hybridized carbons (Fsp3) is 0.318. The van der Waals surface area contributed by atoms with Crippen LogP contribution in [0.4, 0.5) is 10.6 Å². The van der Waals surface area contributed by atoms with Gasteiger partial charge in [0.25, 0.3) is 11.8 Å². The molecule has 0 unspecified atom stereocenters. The van der Waals surface area contributed by atoms with Gasteiger partial charge in [0, 0.05) is 30.8 Å². The molecule has 1 aliphatic carbocycles. The highest BCUT2D eigenvalue weighted by atomic mass is 32.1. The summed E-state index contributed by atoms with van der Waals surface area (Å²) in [6.07, 6.45) is 7.48. The Labute approximate surface area is 192 Å². The van der Waals surface area contributed by atoms with E-state index in [4.69, 9.17) is 4.98 Å². The Bertz CT molecular complexity index is 1330. The first-order valence-electron chi connectivity index (χ1n) is 10.9. The third-order valence-corrected chi connectivity index (χ3v) is 7.01. The van der Waals surface area contributed by atoms with E-state index in [2.05, 4.69) is 21.0 Å². The van der Waals surface area contributed by atoms with Crippen molar-refractivity contribution in [2.45, 2.75) is 31.7 Å². The number of urea groups is 1. The smallest absolute Gasteiger partial charge is 0.326 e. The normalized spacial score (nSPS) is 19.4. The Morgan fingerprint density at radius 3 is 2.73 bits per heavy atom. The number of nitrogens with one attached hydrogen (secondary N) is 3. The molecule has 168 valence electrons. The van der Waals surface area contributed by atoms with E-state index in [1.54, 1.807) is 16.8 Å². The number of hydrogen-bond donors (Lipinski definition) is 3. The molecule has 2 aliphatic heterocycles. The Hall–Kier alpha value is -3.73. The van der Waals surface area contributed by atoms with Crippen LogP contribution in [0.15, 0.2) is 30.1 Å². The van der Waals surface area contributed by atoms with Crippen molar-refractivity contribution in [1.82, 2.24) is 30.1 Å². The van der Waals surface area contributed by atoms with Crippen LogP contribution in [0.1, 0.15) is 40.9 Å². The second-order valence-corrected chi connectivity index (χ2v) is 9.49. The van der Waals surface area contributed by atoms with E-state index in [-0.39, 0.29) is 11.6 Å². The van der Waals surface area contributed by atoms with E-state index in [0.717, 1.165) is 55.2 Å². The number of hydrogen-bond acceptors (Lipinski definition) is 7. The van der Waals surface area contributed by atoms with Crippen LogP contribution in [0.5, 0.6) is 0 Å². The molecule has 0 bridgehead atoms. The van der Waals surface area contributed by atoms with Crippen molar-refractivity contribution in [3.05, 3.63) is 40.5 Å². The third-order valence-electron chi connectivity index (χ3n) is 5.91. The molecule has 0 atom stereocenters. The lowest BCUT2D eigenvalue weighted by molar-refractivity contribution is -0.115. The zero-order valence-corrected chi connectivity index (χ0v) is 18.4. The number of imide groups is 1. The molecule has 33 heavy (non-hydrogen) atoms. The van der Waals surface area contributed by atoms with Gasteiger partial charge in [-0.1, -0.05) is 0 Å². The van der Waals surface area contributed by atoms with Crippen LogP contribution in [0.25, 0.3) is 22.3 Å². The topological polar surface area (TPSA) is 121 Å². The Balaban J connectivity index is 1.40. The number of likely N-dealkylation sites (tertiary alicyclic amines) is 1. The fourth-order valence-corrected chi connectivity index (χ4v) is 4.99. The maximum atomic E-state index is 12.8. The minimum Gasteiger partial charge on any atom is -0.367 e. The van der Waals surface area contributed by atoms with Gasteiger partial charge in [0.1, 0.15) is 11.5 Å². The van der Waals surface area contributed by atoms with Crippen molar-refractivity contribution in [1.29, 1.82) is 0 Å². The predicted molar refractivity (Wildman–Crippen MR) is 123 cm³/mol. The molecule has 0 aromatic carbocycles. The van der Waals surface area contributed by atoms with Gasteiger partial charge in [-0.15, -0.1) is 11.3 Å². The highest BCUT2D eigenvalue weighted by Gasteiger charge is 2.26. The van der Waals surface area contributed by atoms with Gasteiger partial charge in [-0.05, 0) is 43.9 Å². The van der Waals surface area contributed by atoms with Crippen LogP contribution in [-0.4, -0.2) is 56.5 Å². The Kier molecular flexibility index (Phi) is 4.64. The minimum atomic E-state index is -0.554. The van der Waals surface area contributed by atoms with Crippen LogP contribution >= 0.6 is 11.3 Å². The lowest BCUT2D eigenvalue weighted by Gasteiger charge is -2.13. The number of amides is 4. The van der Waals surface area contributed by atoms with Crippen LogP contribution in [0, 0.1) is 0 Å².